The van der Waals surface area contributed by atoms with Crippen LogP contribution < -0.4 is 15.0 Å². The molecule has 0 radical (unpaired) electrons. The minimum absolute atomic E-state index is 0.172. The Morgan fingerprint density at radius 2 is 1.94 bits per heavy atom. The zero-order chi connectivity index (χ0) is 22.6. The van der Waals surface area contributed by atoms with E-state index in [1.807, 2.05) is 31.7 Å². The topological polar surface area (TPSA) is 136 Å². The van der Waals surface area contributed by atoms with Crippen LogP contribution in [0.5, 0.6) is 5.88 Å². The highest BCUT2D eigenvalue weighted by Gasteiger charge is 2.27. The number of H-pyrrole nitrogens is 1. The fourth-order valence-electron chi connectivity index (χ4n) is 3.10. The molecule has 2 amide bonds. The van der Waals surface area contributed by atoms with Gasteiger partial charge in [0.05, 0.1) is 30.9 Å². The lowest BCUT2D eigenvalue weighted by molar-refractivity contribution is 0.0240. The van der Waals surface area contributed by atoms with Gasteiger partial charge in [-0.1, -0.05) is 0 Å². The summed E-state index contributed by atoms with van der Waals surface area (Å²) in [5.74, 6) is -0.200. The quantitative estimate of drug-likeness (QED) is 0.756. The maximum absolute atomic E-state index is 12.7. The number of rotatable bonds is 4. The van der Waals surface area contributed by atoms with Crippen molar-refractivity contribution in [2.24, 2.45) is 0 Å². The van der Waals surface area contributed by atoms with Crippen LogP contribution in [-0.2, 0) is 4.74 Å². The number of piperazine rings is 1. The highest BCUT2D eigenvalue weighted by atomic mass is 16.6. The predicted octanol–water partition coefficient (Wildman–Crippen LogP) is 1.99. The van der Waals surface area contributed by atoms with Gasteiger partial charge in [-0.25, -0.2) is 14.9 Å². The molecule has 164 valence electrons. The van der Waals surface area contributed by atoms with E-state index in [4.69, 9.17) is 9.47 Å². The Morgan fingerprint density at radius 1 is 1.23 bits per heavy atom. The van der Waals surface area contributed by atoms with Gasteiger partial charge in [-0.3, -0.25) is 4.79 Å². The maximum atomic E-state index is 12.7. The van der Waals surface area contributed by atoms with Crippen LogP contribution in [0, 0.1) is 11.3 Å². The van der Waals surface area contributed by atoms with Crippen LogP contribution in [0.3, 0.4) is 0 Å². The van der Waals surface area contributed by atoms with Crippen molar-refractivity contribution in [3.8, 4) is 11.9 Å². The first-order chi connectivity index (χ1) is 14.7. The first kappa shape index (κ1) is 21.9. The molecule has 0 atom stereocenters. The van der Waals surface area contributed by atoms with Gasteiger partial charge in [0.25, 0.3) is 5.91 Å². The van der Waals surface area contributed by atoms with Gasteiger partial charge >= 0.3 is 6.09 Å². The fraction of sp³-hybridized carbons (Fsp3) is 0.450. The van der Waals surface area contributed by atoms with Crippen LogP contribution >= 0.6 is 0 Å². The van der Waals surface area contributed by atoms with Crippen LogP contribution in [0.2, 0.25) is 0 Å². The van der Waals surface area contributed by atoms with Crippen LogP contribution in [0.4, 0.5) is 16.2 Å². The average molecular weight is 427 g/mol. The van der Waals surface area contributed by atoms with E-state index >= 15 is 0 Å². The summed E-state index contributed by atoms with van der Waals surface area (Å²) in [7, 11) is 1.43. The van der Waals surface area contributed by atoms with Crippen molar-refractivity contribution < 1.29 is 19.1 Å². The van der Waals surface area contributed by atoms with Gasteiger partial charge in [0.2, 0.25) is 5.88 Å². The second-order valence-electron chi connectivity index (χ2n) is 7.92. The van der Waals surface area contributed by atoms with E-state index in [-0.39, 0.29) is 23.2 Å². The van der Waals surface area contributed by atoms with E-state index in [9.17, 15) is 14.9 Å². The minimum atomic E-state index is -0.559. The number of aromatic amines is 1. The Labute approximate surface area is 179 Å². The van der Waals surface area contributed by atoms with Crippen LogP contribution in [0.1, 0.15) is 36.8 Å². The number of carbonyl (C=O) groups excluding carboxylic acids is 2. The molecule has 2 N–H and O–H groups in total. The molecule has 3 heterocycles. The lowest BCUT2D eigenvalue weighted by Gasteiger charge is -2.37. The molecule has 0 aliphatic carbocycles. The Hall–Kier alpha value is -3.81. The fourth-order valence-corrected chi connectivity index (χ4v) is 3.10. The number of aromatic nitrogens is 3. The number of pyridine rings is 1. The van der Waals surface area contributed by atoms with E-state index in [2.05, 4.69) is 20.5 Å². The molecule has 11 nitrogen and oxygen atoms in total. The monoisotopic (exact) mass is 427 g/mol. The molecule has 0 aromatic carbocycles. The second-order valence-corrected chi connectivity index (χ2v) is 7.92. The van der Waals surface area contributed by atoms with E-state index in [1.54, 1.807) is 11.1 Å². The third kappa shape index (κ3) is 5.22. The smallest absolute Gasteiger partial charge is 0.410 e. The number of nitrogens with zero attached hydrogens (tertiary/aromatic N) is 5. The number of hydrogen-bond donors (Lipinski definition) is 2. The van der Waals surface area contributed by atoms with Gasteiger partial charge in [0.1, 0.15) is 22.9 Å². The van der Waals surface area contributed by atoms with Crippen molar-refractivity contribution in [3.63, 3.8) is 0 Å². The summed E-state index contributed by atoms with van der Waals surface area (Å²) >= 11 is 0. The maximum Gasteiger partial charge on any atom is 0.410 e. The molecule has 31 heavy (non-hydrogen) atoms. The predicted molar refractivity (Wildman–Crippen MR) is 112 cm³/mol. The Balaban J connectivity index is 1.76. The van der Waals surface area contributed by atoms with Crippen LogP contribution in [-0.4, -0.2) is 71.0 Å². The summed E-state index contributed by atoms with van der Waals surface area (Å²) in [6.07, 6.45) is 2.55. The third-order valence-electron chi connectivity index (χ3n) is 4.57. The molecule has 1 saturated heterocycles. The van der Waals surface area contributed by atoms with E-state index < -0.39 is 11.5 Å². The zero-order valence-electron chi connectivity index (χ0n) is 17.9. The lowest BCUT2D eigenvalue weighted by atomic mass is 10.2. The molecule has 1 aliphatic rings. The molecule has 0 saturated carbocycles. The molecule has 3 rings (SSSR count). The van der Waals surface area contributed by atoms with Crippen molar-refractivity contribution in [1.29, 1.82) is 5.26 Å². The summed E-state index contributed by atoms with van der Waals surface area (Å²) in [6, 6.07) is 3.49. The number of hydrogen-bond acceptors (Lipinski definition) is 8. The summed E-state index contributed by atoms with van der Waals surface area (Å²) in [5.41, 5.74) is 0.935. The molecule has 0 spiro atoms. The molecule has 1 aliphatic heterocycles. The first-order valence-corrected chi connectivity index (χ1v) is 9.73. The molecule has 2 aromatic heterocycles. The number of ether oxygens (including phenoxy) is 2. The molecule has 0 bridgehead atoms. The highest BCUT2D eigenvalue weighted by Crippen LogP contribution is 2.28. The van der Waals surface area contributed by atoms with Crippen LogP contribution in [0.15, 0.2) is 18.5 Å². The number of carbonyl (C=O) groups is 2. The van der Waals surface area contributed by atoms with Crippen LogP contribution in [0.25, 0.3) is 0 Å². The average Bonchev–Trinajstić information content (AvgIpc) is 3.21. The number of amides is 2. The SMILES string of the molecule is COc1[nH]ncc1C(=O)Nc1cc(C#N)ncc1N1CCN(C(=O)OC(C)(C)C)CC1. The standard InChI is InChI=1S/C20H25N7O4/c1-20(2,3)31-19(29)27-7-5-26(6-8-27)16-12-22-13(10-21)9-15(16)24-17(28)14-11-23-25-18(14)30-4/h9,11-12H,5-8H2,1-4H3,(H,23,25)(H,22,24,28). The summed E-state index contributed by atoms with van der Waals surface area (Å²) < 4.78 is 10.5. The Kier molecular flexibility index (Phi) is 6.29. The highest BCUT2D eigenvalue weighted by molar-refractivity contribution is 6.07. The molecular formula is C20H25N7O4. The molecule has 11 heteroatoms. The molecular weight excluding hydrogens is 402 g/mol. The minimum Gasteiger partial charge on any atom is -0.481 e. The van der Waals surface area contributed by atoms with Gasteiger partial charge in [-0.2, -0.15) is 10.4 Å². The first-order valence-electron chi connectivity index (χ1n) is 9.73. The van der Waals surface area contributed by atoms with Gasteiger partial charge in [0, 0.05) is 32.2 Å². The second kappa shape index (κ2) is 8.91. The number of nitriles is 1. The van der Waals surface area contributed by atoms with E-state index in [0.29, 0.717) is 37.6 Å². The zero-order valence-corrected chi connectivity index (χ0v) is 17.9. The van der Waals surface area contributed by atoms with Gasteiger partial charge in [-0.05, 0) is 20.8 Å². The van der Waals surface area contributed by atoms with E-state index in [0.717, 1.165) is 0 Å². The van der Waals surface area contributed by atoms with Gasteiger partial charge < -0.3 is 24.6 Å². The Bertz CT molecular complexity index is 998. The number of anilines is 2. The molecule has 1 fully saturated rings. The normalized spacial score (nSPS) is 14.0. The third-order valence-corrected chi connectivity index (χ3v) is 4.57. The van der Waals surface area contributed by atoms with Crippen molar-refractivity contribution in [3.05, 3.63) is 29.7 Å². The summed E-state index contributed by atoms with van der Waals surface area (Å²) in [6.45, 7) is 7.43. The van der Waals surface area contributed by atoms with Gasteiger partial charge in [0.15, 0.2) is 0 Å². The molecule has 2 aromatic rings. The number of nitrogens with one attached hydrogen (secondary N) is 2. The number of methoxy groups -OCH3 is 1. The van der Waals surface area contributed by atoms with Crippen molar-refractivity contribution in [2.75, 3.05) is 43.5 Å². The van der Waals surface area contributed by atoms with E-state index in [1.165, 1.54) is 19.4 Å². The lowest BCUT2D eigenvalue weighted by Crippen LogP contribution is -2.50. The molecule has 0 unspecified atom stereocenters. The van der Waals surface area contributed by atoms with Gasteiger partial charge in [-0.15, -0.1) is 0 Å². The summed E-state index contributed by atoms with van der Waals surface area (Å²) in [4.78, 5) is 32.8. The Morgan fingerprint density at radius 3 is 2.55 bits per heavy atom. The van der Waals surface area contributed by atoms with Crippen molar-refractivity contribution in [1.82, 2.24) is 20.1 Å². The summed E-state index contributed by atoms with van der Waals surface area (Å²) in [5, 5.41) is 18.4. The van der Waals surface area contributed by atoms with Crippen molar-refractivity contribution >= 4 is 23.4 Å². The largest absolute Gasteiger partial charge is 0.481 e. The van der Waals surface area contributed by atoms with Crippen molar-refractivity contribution in [2.45, 2.75) is 26.4 Å².